The topological polar surface area (TPSA) is 54.5 Å². The SMILES string of the molecule is CCCOC1Nc2ncc(Br)cc2C(=O)N1CCC. The van der Waals surface area contributed by atoms with Gasteiger partial charge in [-0.15, -0.1) is 0 Å². The van der Waals surface area contributed by atoms with Gasteiger partial charge in [0.05, 0.1) is 12.2 Å². The molecule has 0 bridgehead atoms. The molecule has 1 unspecified atom stereocenters. The van der Waals surface area contributed by atoms with Crippen molar-refractivity contribution in [1.82, 2.24) is 9.88 Å². The monoisotopic (exact) mass is 327 g/mol. The zero-order valence-electron chi connectivity index (χ0n) is 11.1. The third-order valence-corrected chi connectivity index (χ3v) is 3.27. The average molecular weight is 328 g/mol. The molecule has 0 saturated heterocycles. The van der Waals surface area contributed by atoms with E-state index in [0.29, 0.717) is 24.5 Å². The van der Waals surface area contributed by atoms with Crippen molar-refractivity contribution < 1.29 is 9.53 Å². The second-order valence-corrected chi connectivity index (χ2v) is 5.33. The minimum Gasteiger partial charge on any atom is -0.340 e. The number of hydrogen-bond donors (Lipinski definition) is 1. The minimum atomic E-state index is -0.423. The lowest BCUT2D eigenvalue weighted by atomic mass is 10.2. The fourth-order valence-corrected chi connectivity index (χ4v) is 2.33. The van der Waals surface area contributed by atoms with E-state index in [1.165, 1.54) is 0 Å². The highest BCUT2D eigenvalue weighted by molar-refractivity contribution is 9.10. The molecule has 0 saturated carbocycles. The van der Waals surface area contributed by atoms with Gasteiger partial charge in [-0.2, -0.15) is 0 Å². The van der Waals surface area contributed by atoms with Gasteiger partial charge in [0, 0.05) is 17.2 Å². The van der Waals surface area contributed by atoms with Crippen LogP contribution in [0.15, 0.2) is 16.7 Å². The molecule has 5 nitrogen and oxygen atoms in total. The molecule has 1 amide bonds. The number of halogens is 1. The normalized spacial score (nSPS) is 18.2. The Morgan fingerprint density at radius 1 is 1.47 bits per heavy atom. The van der Waals surface area contributed by atoms with Crippen molar-refractivity contribution in [2.75, 3.05) is 18.5 Å². The molecule has 19 heavy (non-hydrogen) atoms. The summed E-state index contributed by atoms with van der Waals surface area (Å²) in [6, 6.07) is 1.79. The quantitative estimate of drug-likeness (QED) is 0.903. The van der Waals surface area contributed by atoms with Gasteiger partial charge in [-0.05, 0) is 34.8 Å². The molecule has 104 valence electrons. The Bertz CT molecular complexity index is 467. The summed E-state index contributed by atoms with van der Waals surface area (Å²) in [6.07, 6.45) is 3.04. The van der Waals surface area contributed by atoms with Gasteiger partial charge in [-0.3, -0.25) is 9.69 Å². The van der Waals surface area contributed by atoms with E-state index in [9.17, 15) is 4.79 Å². The Balaban J connectivity index is 2.28. The smallest absolute Gasteiger partial charge is 0.261 e. The first-order valence-electron chi connectivity index (χ1n) is 6.52. The number of pyridine rings is 1. The lowest BCUT2D eigenvalue weighted by Gasteiger charge is -2.36. The van der Waals surface area contributed by atoms with Gasteiger partial charge in [0.15, 0.2) is 0 Å². The molecule has 0 radical (unpaired) electrons. The second-order valence-electron chi connectivity index (χ2n) is 4.42. The number of rotatable bonds is 5. The molecule has 2 heterocycles. The van der Waals surface area contributed by atoms with Crippen LogP contribution in [0.1, 0.15) is 37.0 Å². The molecule has 1 aliphatic rings. The third-order valence-electron chi connectivity index (χ3n) is 2.83. The van der Waals surface area contributed by atoms with Crippen molar-refractivity contribution in [2.45, 2.75) is 33.0 Å². The number of carbonyl (C=O) groups is 1. The molecule has 6 heteroatoms. The van der Waals surface area contributed by atoms with E-state index < -0.39 is 6.35 Å². The van der Waals surface area contributed by atoms with Crippen molar-refractivity contribution in [2.24, 2.45) is 0 Å². The molecule has 0 spiro atoms. The van der Waals surface area contributed by atoms with E-state index in [2.05, 4.69) is 26.2 Å². The van der Waals surface area contributed by atoms with Crippen LogP contribution in [0.3, 0.4) is 0 Å². The van der Waals surface area contributed by atoms with Crippen molar-refractivity contribution in [3.05, 3.63) is 22.3 Å². The maximum absolute atomic E-state index is 12.5. The Kier molecular flexibility index (Phi) is 4.76. The van der Waals surface area contributed by atoms with E-state index in [4.69, 9.17) is 4.74 Å². The summed E-state index contributed by atoms with van der Waals surface area (Å²) in [5.41, 5.74) is 0.583. The zero-order valence-corrected chi connectivity index (χ0v) is 12.7. The van der Waals surface area contributed by atoms with Crippen molar-refractivity contribution in [1.29, 1.82) is 0 Å². The standard InChI is InChI=1S/C13H18BrN3O2/c1-3-5-17-12(18)10-7-9(14)8-15-11(10)16-13(17)19-6-4-2/h7-8,13H,3-6H2,1-2H3,(H,15,16). The van der Waals surface area contributed by atoms with Crippen LogP contribution >= 0.6 is 15.9 Å². The van der Waals surface area contributed by atoms with Gasteiger partial charge in [0.1, 0.15) is 5.82 Å². The molecule has 0 aliphatic carbocycles. The number of hydrogen-bond acceptors (Lipinski definition) is 4. The van der Waals surface area contributed by atoms with Crippen LogP contribution < -0.4 is 5.32 Å². The van der Waals surface area contributed by atoms with Crippen LogP contribution in [-0.4, -0.2) is 35.3 Å². The Labute approximate surface area is 121 Å². The highest BCUT2D eigenvalue weighted by Gasteiger charge is 2.32. The number of nitrogens with zero attached hydrogens (tertiary/aromatic N) is 2. The molecule has 2 rings (SSSR count). The highest BCUT2D eigenvalue weighted by Crippen LogP contribution is 2.26. The highest BCUT2D eigenvalue weighted by atomic mass is 79.9. The number of carbonyl (C=O) groups excluding carboxylic acids is 1. The number of fused-ring (bicyclic) bond motifs is 1. The van der Waals surface area contributed by atoms with E-state index in [1.807, 2.05) is 13.8 Å². The molecule has 0 fully saturated rings. The lowest BCUT2D eigenvalue weighted by Crippen LogP contribution is -2.50. The Hall–Kier alpha value is -1.14. The number of aromatic nitrogens is 1. The summed E-state index contributed by atoms with van der Waals surface area (Å²) in [5.74, 6) is 0.548. The van der Waals surface area contributed by atoms with Crippen LogP contribution in [0, 0.1) is 0 Å². The van der Waals surface area contributed by atoms with Gasteiger partial charge in [0.25, 0.3) is 5.91 Å². The average Bonchev–Trinajstić information content (AvgIpc) is 2.41. The molecule has 1 aromatic heterocycles. The first-order valence-corrected chi connectivity index (χ1v) is 7.31. The van der Waals surface area contributed by atoms with Crippen molar-refractivity contribution in [3.63, 3.8) is 0 Å². The minimum absolute atomic E-state index is 0.0366. The summed E-state index contributed by atoms with van der Waals surface area (Å²) in [6.45, 7) is 5.35. The largest absolute Gasteiger partial charge is 0.340 e. The molecule has 1 atom stereocenters. The molecule has 1 aromatic rings. The maximum atomic E-state index is 12.5. The summed E-state index contributed by atoms with van der Waals surface area (Å²) in [5, 5.41) is 3.18. The van der Waals surface area contributed by atoms with E-state index in [-0.39, 0.29) is 5.91 Å². The summed E-state index contributed by atoms with van der Waals surface area (Å²) >= 11 is 3.34. The van der Waals surface area contributed by atoms with Gasteiger partial charge >= 0.3 is 0 Å². The summed E-state index contributed by atoms with van der Waals surface area (Å²) < 4.78 is 6.49. The predicted octanol–water partition coefficient (Wildman–Crippen LogP) is 2.83. The second kappa shape index (κ2) is 6.34. The molecular formula is C13H18BrN3O2. The van der Waals surface area contributed by atoms with Gasteiger partial charge in [-0.25, -0.2) is 4.98 Å². The predicted molar refractivity (Wildman–Crippen MR) is 76.9 cm³/mol. The molecule has 0 aromatic carbocycles. The Morgan fingerprint density at radius 3 is 2.95 bits per heavy atom. The fraction of sp³-hybridized carbons (Fsp3) is 0.538. The number of amides is 1. The number of nitrogens with one attached hydrogen (secondary N) is 1. The van der Waals surface area contributed by atoms with E-state index in [1.54, 1.807) is 17.2 Å². The van der Waals surface area contributed by atoms with Crippen LogP contribution in [0.2, 0.25) is 0 Å². The number of anilines is 1. The third kappa shape index (κ3) is 3.06. The van der Waals surface area contributed by atoms with Crippen LogP contribution in [0.25, 0.3) is 0 Å². The van der Waals surface area contributed by atoms with Gasteiger partial charge in [-0.1, -0.05) is 13.8 Å². The lowest BCUT2D eigenvalue weighted by molar-refractivity contribution is -0.0318. The van der Waals surface area contributed by atoms with Crippen molar-refractivity contribution in [3.8, 4) is 0 Å². The number of ether oxygens (including phenoxy) is 1. The van der Waals surface area contributed by atoms with E-state index in [0.717, 1.165) is 17.3 Å². The maximum Gasteiger partial charge on any atom is 0.261 e. The van der Waals surface area contributed by atoms with E-state index >= 15 is 0 Å². The first-order chi connectivity index (χ1) is 9.17. The first kappa shape index (κ1) is 14.3. The molecule has 1 aliphatic heterocycles. The zero-order chi connectivity index (χ0) is 13.8. The molecule has 1 N–H and O–H groups in total. The molecular weight excluding hydrogens is 310 g/mol. The summed E-state index contributed by atoms with van der Waals surface area (Å²) in [4.78, 5) is 18.4. The Morgan fingerprint density at radius 2 is 2.26 bits per heavy atom. The van der Waals surface area contributed by atoms with Gasteiger partial charge in [0.2, 0.25) is 6.35 Å². The van der Waals surface area contributed by atoms with Crippen molar-refractivity contribution >= 4 is 27.7 Å². The van der Waals surface area contributed by atoms with Crippen LogP contribution in [0.5, 0.6) is 0 Å². The fourth-order valence-electron chi connectivity index (χ4n) is 1.99. The van der Waals surface area contributed by atoms with Crippen LogP contribution in [0.4, 0.5) is 5.82 Å². The van der Waals surface area contributed by atoms with Crippen LogP contribution in [-0.2, 0) is 4.74 Å². The summed E-state index contributed by atoms with van der Waals surface area (Å²) in [7, 11) is 0. The van der Waals surface area contributed by atoms with Gasteiger partial charge < -0.3 is 10.1 Å².